The lowest BCUT2D eigenvalue weighted by molar-refractivity contribution is 0.122. The maximum atomic E-state index is 5.33. The van der Waals surface area contributed by atoms with Gasteiger partial charge >= 0.3 is 0 Å². The average molecular weight is 222 g/mol. The molecule has 0 spiro atoms. The van der Waals surface area contributed by atoms with Gasteiger partial charge in [0.1, 0.15) is 11.6 Å². The third kappa shape index (κ3) is 2.68. The predicted molar refractivity (Wildman–Crippen MR) is 62.6 cm³/mol. The molecule has 2 rings (SSSR count). The number of morpholine rings is 1. The number of nitrogens with zero attached hydrogens (tertiary/aromatic N) is 3. The molecule has 1 fully saturated rings. The summed E-state index contributed by atoms with van der Waals surface area (Å²) in [6.45, 7) is 6.10. The van der Waals surface area contributed by atoms with E-state index in [-0.39, 0.29) is 0 Å². The minimum Gasteiger partial charge on any atom is -0.378 e. The largest absolute Gasteiger partial charge is 0.378 e. The van der Waals surface area contributed by atoms with Crippen molar-refractivity contribution in [3.8, 4) is 0 Å². The lowest BCUT2D eigenvalue weighted by atomic mass is 10.3. The van der Waals surface area contributed by atoms with Crippen molar-refractivity contribution in [3.05, 3.63) is 17.6 Å². The Morgan fingerprint density at radius 2 is 2.12 bits per heavy atom. The highest BCUT2D eigenvalue weighted by atomic mass is 16.5. The molecule has 0 aromatic carbocycles. The molecule has 0 saturated carbocycles. The molecule has 1 aliphatic heterocycles. The van der Waals surface area contributed by atoms with Crippen LogP contribution in [-0.4, -0.2) is 43.3 Å². The molecule has 0 aliphatic carbocycles. The smallest absolute Gasteiger partial charge is 0.132 e. The number of hydrogen-bond donors (Lipinski definition) is 1. The quantitative estimate of drug-likeness (QED) is 0.799. The lowest BCUT2D eigenvalue weighted by Gasteiger charge is -2.28. The molecular weight excluding hydrogens is 204 g/mol. The van der Waals surface area contributed by atoms with Gasteiger partial charge in [0.15, 0.2) is 0 Å². The summed E-state index contributed by atoms with van der Waals surface area (Å²) in [6, 6.07) is 2.05. The van der Waals surface area contributed by atoms with Crippen LogP contribution in [0, 0.1) is 6.92 Å². The van der Waals surface area contributed by atoms with Crippen LogP contribution in [0.25, 0.3) is 0 Å². The normalized spacial score (nSPS) is 16.5. The molecule has 0 atom stereocenters. The average Bonchev–Trinajstić information content (AvgIpc) is 2.30. The first-order chi connectivity index (χ1) is 7.79. The summed E-state index contributed by atoms with van der Waals surface area (Å²) in [5.74, 6) is 1.84. The molecule has 16 heavy (non-hydrogen) atoms. The van der Waals surface area contributed by atoms with E-state index < -0.39 is 0 Å². The van der Waals surface area contributed by atoms with E-state index >= 15 is 0 Å². The van der Waals surface area contributed by atoms with Crippen molar-refractivity contribution < 1.29 is 4.74 Å². The van der Waals surface area contributed by atoms with Gasteiger partial charge in [0, 0.05) is 25.7 Å². The fourth-order valence-electron chi connectivity index (χ4n) is 1.84. The van der Waals surface area contributed by atoms with Gasteiger partial charge in [0.25, 0.3) is 0 Å². The van der Waals surface area contributed by atoms with Crippen LogP contribution >= 0.6 is 0 Å². The van der Waals surface area contributed by atoms with Crippen molar-refractivity contribution in [3.63, 3.8) is 0 Å². The van der Waals surface area contributed by atoms with Crippen molar-refractivity contribution >= 4 is 5.82 Å². The van der Waals surface area contributed by atoms with Crippen molar-refractivity contribution in [1.82, 2.24) is 15.3 Å². The Hall–Kier alpha value is -1.20. The predicted octanol–water partition coefficient (Wildman–Crippen LogP) is 0.341. The summed E-state index contributed by atoms with van der Waals surface area (Å²) in [7, 11) is 1.92. The standard InChI is InChI=1S/C11H18N4O/c1-9-13-10(8-12-2)7-11(14-9)15-3-5-16-6-4-15/h7,12H,3-6,8H2,1-2H3. The molecule has 1 saturated heterocycles. The van der Waals surface area contributed by atoms with Crippen LogP contribution in [0.1, 0.15) is 11.5 Å². The van der Waals surface area contributed by atoms with Crippen LogP contribution in [0.5, 0.6) is 0 Å². The number of aryl methyl sites for hydroxylation is 1. The number of hydrogen-bond acceptors (Lipinski definition) is 5. The second-order valence-electron chi connectivity index (χ2n) is 3.89. The third-order valence-electron chi connectivity index (χ3n) is 2.57. The van der Waals surface area contributed by atoms with E-state index in [1.165, 1.54) is 0 Å². The van der Waals surface area contributed by atoms with E-state index in [9.17, 15) is 0 Å². The van der Waals surface area contributed by atoms with Crippen LogP contribution in [0.4, 0.5) is 5.82 Å². The van der Waals surface area contributed by atoms with Crippen LogP contribution in [-0.2, 0) is 11.3 Å². The zero-order valence-corrected chi connectivity index (χ0v) is 9.86. The van der Waals surface area contributed by atoms with E-state index in [4.69, 9.17) is 4.74 Å². The Kier molecular flexibility index (Phi) is 3.69. The molecule has 0 bridgehead atoms. The molecule has 0 unspecified atom stereocenters. The number of rotatable bonds is 3. The Labute approximate surface area is 95.8 Å². The molecule has 0 radical (unpaired) electrons. The van der Waals surface area contributed by atoms with Gasteiger partial charge in [0.2, 0.25) is 0 Å². The summed E-state index contributed by atoms with van der Waals surface area (Å²) in [4.78, 5) is 11.1. The number of anilines is 1. The molecule has 2 heterocycles. The lowest BCUT2D eigenvalue weighted by Crippen LogP contribution is -2.37. The van der Waals surface area contributed by atoms with Crippen molar-refractivity contribution in [1.29, 1.82) is 0 Å². The van der Waals surface area contributed by atoms with Gasteiger partial charge in [-0.25, -0.2) is 9.97 Å². The topological polar surface area (TPSA) is 50.3 Å². The molecule has 0 amide bonds. The monoisotopic (exact) mass is 222 g/mol. The van der Waals surface area contributed by atoms with Crippen LogP contribution in [0.2, 0.25) is 0 Å². The molecule has 1 aromatic heterocycles. The van der Waals surface area contributed by atoms with Crippen LogP contribution < -0.4 is 10.2 Å². The summed E-state index contributed by atoms with van der Waals surface area (Å²) in [5.41, 5.74) is 1.04. The highest BCUT2D eigenvalue weighted by molar-refractivity contribution is 5.40. The molecule has 1 aliphatic rings. The zero-order chi connectivity index (χ0) is 11.4. The maximum Gasteiger partial charge on any atom is 0.132 e. The Morgan fingerprint density at radius 1 is 1.38 bits per heavy atom. The van der Waals surface area contributed by atoms with Crippen LogP contribution in [0.15, 0.2) is 6.07 Å². The molecule has 1 N–H and O–H groups in total. The first kappa shape index (κ1) is 11.3. The van der Waals surface area contributed by atoms with E-state index in [1.54, 1.807) is 0 Å². The minimum absolute atomic E-state index is 0.778. The maximum absolute atomic E-state index is 5.33. The molecule has 88 valence electrons. The van der Waals surface area contributed by atoms with Gasteiger partial charge in [0.05, 0.1) is 18.9 Å². The van der Waals surface area contributed by atoms with Crippen molar-refractivity contribution in [2.45, 2.75) is 13.5 Å². The second kappa shape index (κ2) is 5.23. The molecule has 5 nitrogen and oxygen atoms in total. The number of nitrogens with one attached hydrogen (secondary N) is 1. The molecular formula is C11H18N4O. The van der Waals surface area contributed by atoms with Gasteiger partial charge < -0.3 is 15.0 Å². The number of ether oxygens (including phenoxy) is 1. The Balaban J connectivity index is 2.18. The van der Waals surface area contributed by atoms with Gasteiger partial charge in [-0.3, -0.25) is 0 Å². The van der Waals surface area contributed by atoms with Gasteiger partial charge in [-0.2, -0.15) is 0 Å². The minimum atomic E-state index is 0.778. The van der Waals surface area contributed by atoms with Crippen molar-refractivity contribution in [2.75, 3.05) is 38.3 Å². The molecule has 5 heteroatoms. The van der Waals surface area contributed by atoms with E-state index in [0.29, 0.717) is 0 Å². The van der Waals surface area contributed by atoms with Crippen molar-refractivity contribution in [2.24, 2.45) is 0 Å². The summed E-state index contributed by atoms with van der Waals surface area (Å²) in [6.07, 6.45) is 0. The Morgan fingerprint density at radius 3 is 2.81 bits per heavy atom. The number of aromatic nitrogens is 2. The summed E-state index contributed by atoms with van der Waals surface area (Å²) >= 11 is 0. The fraction of sp³-hybridized carbons (Fsp3) is 0.636. The summed E-state index contributed by atoms with van der Waals surface area (Å²) in [5, 5.41) is 3.11. The van der Waals surface area contributed by atoms with Gasteiger partial charge in [-0.1, -0.05) is 0 Å². The van der Waals surface area contributed by atoms with Gasteiger partial charge in [-0.15, -0.1) is 0 Å². The SMILES string of the molecule is CNCc1cc(N2CCOCC2)nc(C)n1. The van der Waals surface area contributed by atoms with E-state index in [1.807, 2.05) is 14.0 Å². The Bertz CT molecular complexity index is 350. The highest BCUT2D eigenvalue weighted by Crippen LogP contribution is 2.14. The van der Waals surface area contributed by atoms with E-state index in [2.05, 4.69) is 26.3 Å². The first-order valence-electron chi connectivity index (χ1n) is 5.61. The summed E-state index contributed by atoms with van der Waals surface area (Å²) < 4.78 is 5.33. The van der Waals surface area contributed by atoms with E-state index in [0.717, 1.165) is 50.2 Å². The fourth-order valence-corrected chi connectivity index (χ4v) is 1.84. The second-order valence-corrected chi connectivity index (χ2v) is 3.89. The molecule has 1 aromatic rings. The highest BCUT2D eigenvalue weighted by Gasteiger charge is 2.13. The van der Waals surface area contributed by atoms with Crippen LogP contribution in [0.3, 0.4) is 0 Å². The first-order valence-corrected chi connectivity index (χ1v) is 5.61. The third-order valence-corrected chi connectivity index (χ3v) is 2.57. The zero-order valence-electron chi connectivity index (χ0n) is 9.86. The van der Waals surface area contributed by atoms with Gasteiger partial charge in [-0.05, 0) is 14.0 Å².